The van der Waals surface area contributed by atoms with Gasteiger partial charge in [0.05, 0.1) is 12.2 Å². The summed E-state index contributed by atoms with van der Waals surface area (Å²) in [5, 5.41) is 9.17. The Labute approximate surface area is 146 Å². The number of benzene rings is 1. The molecule has 2 aromatic heterocycles. The Morgan fingerprint density at radius 1 is 1.20 bits per heavy atom. The summed E-state index contributed by atoms with van der Waals surface area (Å²) >= 11 is 0. The van der Waals surface area contributed by atoms with Crippen LogP contribution in [0.3, 0.4) is 0 Å². The maximum Gasteiger partial charge on any atom is 0.242 e. The van der Waals surface area contributed by atoms with Crippen molar-refractivity contribution < 1.29 is 9.53 Å². The lowest BCUT2D eigenvalue weighted by atomic mass is 10.2. The fourth-order valence-electron chi connectivity index (χ4n) is 3.20. The molecule has 1 aromatic carbocycles. The van der Waals surface area contributed by atoms with Crippen LogP contribution in [0.4, 0.5) is 0 Å². The van der Waals surface area contributed by atoms with Crippen LogP contribution in [0.1, 0.15) is 12.1 Å². The van der Waals surface area contributed by atoms with E-state index in [0.29, 0.717) is 25.5 Å². The molecule has 128 valence electrons. The van der Waals surface area contributed by atoms with Gasteiger partial charge < -0.3 is 14.2 Å². The number of likely N-dealkylation sites (tertiary alicyclic amines) is 1. The molecule has 1 aliphatic rings. The van der Waals surface area contributed by atoms with Crippen LogP contribution in [-0.4, -0.2) is 44.8 Å². The summed E-state index contributed by atoms with van der Waals surface area (Å²) in [6.07, 6.45) is 2.75. The van der Waals surface area contributed by atoms with Gasteiger partial charge in [0.1, 0.15) is 12.6 Å². The molecule has 1 saturated heterocycles. The molecule has 6 nitrogen and oxygen atoms in total. The highest BCUT2D eigenvalue weighted by atomic mass is 16.5. The number of hydrogen-bond donors (Lipinski definition) is 0. The second-order valence-corrected chi connectivity index (χ2v) is 6.38. The van der Waals surface area contributed by atoms with E-state index in [-0.39, 0.29) is 12.0 Å². The minimum Gasteiger partial charge on any atom is -0.471 e. The van der Waals surface area contributed by atoms with E-state index in [9.17, 15) is 4.79 Å². The number of ether oxygens (including phenoxy) is 1. The lowest BCUT2D eigenvalue weighted by molar-refractivity contribution is -0.131. The van der Waals surface area contributed by atoms with E-state index in [1.165, 1.54) is 0 Å². The lowest BCUT2D eigenvalue weighted by Crippen LogP contribution is -2.33. The van der Waals surface area contributed by atoms with Crippen LogP contribution in [0.15, 0.2) is 48.7 Å². The maximum atomic E-state index is 12.6. The zero-order chi connectivity index (χ0) is 17.2. The normalized spacial score (nSPS) is 17.2. The first-order valence-corrected chi connectivity index (χ1v) is 8.48. The quantitative estimate of drug-likeness (QED) is 0.734. The first-order chi connectivity index (χ1) is 12.2. The summed E-state index contributed by atoms with van der Waals surface area (Å²) < 4.78 is 7.84. The molecule has 1 aliphatic heterocycles. The van der Waals surface area contributed by atoms with Crippen molar-refractivity contribution >= 4 is 16.8 Å². The summed E-state index contributed by atoms with van der Waals surface area (Å²) in [6.45, 7) is 3.54. The Bertz CT molecular complexity index is 888. The van der Waals surface area contributed by atoms with Crippen LogP contribution in [0.2, 0.25) is 0 Å². The van der Waals surface area contributed by atoms with Crippen molar-refractivity contribution in [2.45, 2.75) is 26.0 Å². The van der Waals surface area contributed by atoms with Crippen molar-refractivity contribution in [3.63, 3.8) is 0 Å². The van der Waals surface area contributed by atoms with Crippen LogP contribution in [-0.2, 0) is 11.3 Å². The van der Waals surface area contributed by atoms with Gasteiger partial charge in [-0.25, -0.2) is 0 Å². The Balaban J connectivity index is 1.38. The van der Waals surface area contributed by atoms with Crippen LogP contribution in [0, 0.1) is 6.92 Å². The van der Waals surface area contributed by atoms with Crippen molar-refractivity contribution in [2.24, 2.45) is 0 Å². The molecule has 0 saturated carbocycles. The molecule has 4 rings (SSSR count). The second kappa shape index (κ2) is 6.55. The molecule has 6 heteroatoms. The molecule has 0 spiro atoms. The summed E-state index contributed by atoms with van der Waals surface area (Å²) in [5.41, 5.74) is 1.94. The van der Waals surface area contributed by atoms with Gasteiger partial charge in [-0.1, -0.05) is 18.2 Å². The number of aromatic nitrogens is 3. The molecule has 0 aliphatic carbocycles. The summed E-state index contributed by atoms with van der Waals surface area (Å²) in [5.74, 6) is 0.628. The summed E-state index contributed by atoms with van der Waals surface area (Å²) in [4.78, 5) is 14.5. The molecule has 1 fully saturated rings. The van der Waals surface area contributed by atoms with Crippen LogP contribution >= 0.6 is 0 Å². The largest absolute Gasteiger partial charge is 0.471 e. The van der Waals surface area contributed by atoms with Gasteiger partial charge in [0.2, 0.25) is 11.8 Å². The van der Waals surface area contributed by atoms with E-state index < -0.39 is 0 Å². The van der Waals surface area contributed by atoms with Gasteiger partial charge in [-0.05, 0) is 30.5 Å². The highest BCUT2D eigenvalue weighted by Gasteiger charge is 2.28. The van der Waals surface area contributed by atoms with Gasteiger partial charge in [0, 0.05) is 30.7 Å². The van der Waals surface area contributed by atoms with E-state index in [0.717, 1.165) is 23.0 Å². The van der Waals surface area contributed by atoms with E-state index in [4.69, 9.17) is 4.74 Å². The number of amides is 1. The lowest BCUT2D eigenvalue weighted by Gasteiger charge is -2.17. The van der Waals surface area contributed by atoms with Gasteiger partial charge in [-0.2, -0.15) is 5.10 Å². The predicted octanol–water partition coefficient (Wildman–Crippen LogP) is 2.42. The maximum absolute atomic E-state index is 12.6. The van der Waals surface area contributed by atoms with Gasteiger partial charge in [0.25, 0.3) is 0 Å². The fraction of sp³-hybridized carbons (Fsp3) is 0.316. The smallest absolute Gasteiger partial charge is 0.242 e. The number of aryl methyl sites for hydroxylation is 1. The standard InChI is InChI=1S/C19H20N4O2/c1-14-6-7-18(21-20-14)25-16-9-11-23(12-16)19(24)13-22-10-8-15-4-2-3-5-17(15)22/h2-8,10,16H,9,11-13H2,1H3/t16-/m1/s1. The van der Waals surface area contributed by atoms with E-state index in [1.54, 1.807) is 0 Å². The van der Waals surface area contributed by atoms with Gasteiger partial charge in [-0.3, -0.25) is 4.79 Å². The molecule has 3 heterocycles. The molecule has 1 atom stereocenters. The minimum atomic E-state index is -0.0256. The zero-order valence-electron chi connectivity index (χ0n) is 14.1. The van der Waals surface area contributed by atoms with Crippen LogP contribution in [0.5, 0.6) is 5.88 Å². The molecule has 3 aromatic rings. The third-order valence-corrected chi connectivity index (χ3v) is 4.54. The van der Waals surface area contributed by atoms with E-state index in [2.05, 4.69) is 16.3 Å². The highest BCUT2D eigenvalue weighted by molar-refractivity contribution is 5.83. The fourth-order valence-corrected chi connectivity index (χ4v) is 3.20. The van der Waals surface area contributed by atoms with Crippen molar-refractivity contribution in [3.8, 4) is 5.88 Å². The number of fused-ring (bicyclic) bond motifs is 1. The molecule has 25 heavy (non-hydrogen) atoms. The van der Waals surface area contributed by atoms with E-state index >= 15 is 0 Å². The number of para-hydroxylation sites is 1. The Hall–Kier alpha value is -2.89. The number of nitrogens with zero attached hydrogens (tertiary/aromatic N) is 4. The van der Waals surface area contributed by atoms with Gasteiger partial charge in [-0.15, -0.1) is 5.10 Å². The van der Waals surface area contributed by atoms with Crippen LogP contribution < -0.4 is 4.74 Å². The predicted molar refractivity (Wildman–Crippen MR) is 94.3 cm³/mol. The highest BCUT2D eigenvalue weighted by Crippen LogP contribution is 2.18. The average molecular weight is 336 g/mol. The molecular formula is C19H20N4O2. The first-order valence-electron chi connectivity index (χ1n) is 8.48. The van der Waals surface area contributed by atoms with E-state index in [1.807, 2.05) is 59.0 Å². The minimum absolute atomic E-state index is 0.0256. The van der Waals surface area contributed by atoms with Crippen molar-refractivity contribution in [2.75, 3.05) is 13.1 Å². The summed E-state index contributed by atoms with van der Waals surface area (Å²) in [7, 11) is 0. The molecule has 0 N–H and O–H groups in total. The van der Waals surface area contributed by atoms with Crippen molar-refractivity contribution in [3.05, 3.63) is 54.4 Å². The molecule has 1 amide bonds. The van der Waals surface area contributed by atoms with Crippen LogP contribution in [0.25, 0.3) is 10.9 Å². The Morgan fingerprint density at radius 3 is 2.92 bits per heavy atom. The first kappa shape index (κ1) is 15.6. The third-order valence-electron chi connectivity index (χ3n) is 4.54. The monoisotopic (exact) mass is 336 g/mol. The van der Waals surface area contributed by atoms with Crippen molar-refractivity contribution in [1.29, 1.82) is 0 Å². The number of carbonyl (C=O) groups excluding carboxylic acids is 1. The average Bonchev–Trinajstić information content (AvgIpc) is 3.25. The topological polar surface area (TPSA) is 60.2 Å². The molecule has 0 radical (unpaired) electrons. The number of rotatable bonds is 4. The third kappa shape index (κ3) is 3.33. The number of carbonyl (C=O) groups is 1. The molecule has 0 unspecified atom stereocenters. The molecule has 0 bridgehead atoms. The van der Waals surface area contributed by atoms with Crippen molar-refractivity contribution in [1.82, 2.24) is 19.7 Å². The number of hydrogen-bond acceptors (Lipinski definition) is 4. The Morgan fingerprint density at radius 2 is 2.08 bits per heavy atom. The Kier molecular flexibility index (Phi) is 4.09. The molecular weight excluding hydrogens is 316 g/mol. The summed E-state index contributed by atoms with van der Waals surface area (Å²) in [6, 6.07) is 13.8. The SMILES string of the molecule is Cc1ccc(O[C@@H]2CCN(C(=O)Cn3ccc4ccccc43)C2)nn1. The van der Waals surface area contributed by atoms with Gasteiger partial charge in [0.15, 0.2) is 0 Å². The van der Waals surface area contributed by atoms with Gasteiger partial charge >= 0.3 is 0 Å². The zero-order valence-corrected chi connectivity index (χ0v) is 14.1. The second-order valence-electron chi connectivity index (χ2n) is 6.38.